The van der Waals surface area contributed by atoms with Crippen molar-refractivity contribution in [2.24, 2.45) is 0 Å². The molecular weight excluding hydrogens is 388 g/mol. The van der Waals surface area contributed by atoms with Crippen LogP contribution in [0, 0.1) is 0 Å². The van der Waals surface area contributed by atoms with Crippen molar-refractivity contribution < 1.29 is 14.3 Å². The molecule has 3 aromatic carbocycles. The zero-order valence-corrected chi connectivity index (χ0v) is 16.4. The molecule has 0 aromatic heterocycles. The van der Waals surface area contributed by atoms with Gasteiger partial charge < -0.3 is 15.0 Å². The van der Waals surface area contributed by atoms with E-state index in [2.05, 4.69) is 5.32 Å². The van der Waals surface area contributed by atoms with Crippen molar-refractivity contribution in [3.05, 3.63) is 88.9 Å². The Morgan fingerprint density at radius 3 is 2.66 bits per heavy atom. The third-order valence-corrected chi connectivity index (χ3v) is 4.95. The number of nitrogens with one attached hydrogen (secondary N) is 1. The number of hydrogen-bond donors (Lipinski definition) is 1. The Hall–Kier alpha value is -3.31. The summed E-state index contributed by atoms with van der Waals surface area (Å²) >= 11 is 5.97. The Morgan fingerprint density at radius 2 is 1.86 bits per heavy atom. The van der Waals surface area contributed by atoms with Crippen LogP contribution in [0.5, 0.6) is 5.75 Å². The Balaban J connectivity index is 1.54. The zero-order valence-electron chi connectivity index (χ0n) is 15.6. The summed E-state index contributed by atoms with van der Waals surface area (Å²) in [5.74, 6) is 0.247. The van der Waals surface area contributed by atoms with Crippen LogP contribution in [0.4, 0.5) is 11.4 Å². The lowest BCUT2D eigenvalue weighted by Crippen LogP contribution is -2.40. The molecular formula is C23H19ClN2O3. The molecule has 0 unspecified atom stereocenters. The van der Waals surface area contributed by atoms with Gasteiger partial charge in [-0.25, -0.2) is 0 Å². The molecule has 1 N–H and O–H groups in total. The van der Waals surface area contributed by atoms with Crippen molar-refractivity contribution in [1.82, 2.24) is 0 Å². The monoisotopic (exact) mass is 406 g/mol. The molecule has 0 spiro atoms. The van der Waals surface area contributed by atoms with Gasteiger partial charge in [0.1, 0.15) is 5.75 Å². The summed E-state index contributed by atoms with van der Waals surface area (Å²) in [6.07, 6.45) is 0.727. The zero-order chi connectivity index (χ0) is 20.2. The van der Waals surface area contributed by atoms with Crippen LogP contribution in [0.1, 0.15) is 15.9 Å². The summed E-state index contributed by atoms with van der Waals surface area (Å²) in [5, 5.41) is 3.35. The smallest absolute Gasteiger partial charge is 0.265 e. The number of rotatable bonds is 5. The molecule has 2 amide bonds. The standard InChI is InChI=1S/C23H19ClN2O3/c24-18-8-4-7-17(13-18)23(28)25-19-9-10-21-20(14-19)26(22(27)15-29-21)12-11-16-5-2-1-3-6-16/h1-10,13-14H,11-12,15H2,(H,25,28). The molecule has 4 rings (SSSR count). The summed E-state index contributed by atoms with van der Waals surface area (Å²) in [7, 11) is 0. The van der Waals surface area contributed by atoms with Crippen LogP contribution in [0.2, 0.25) is 5.02 Å². The van der Waals surface area contributed by atoms with Gasteiger partial charge in [0.15, 0.2) is 6.61 Å². The van der Waals surface area contributed by atoms with Crippen molar-refractivity contribution in [2.75, 3.05) is 23.4 Å². The van der Waals surface area contributed by atoms with E-state index < -0.39 is 0 Å². The lowest BCUT2D eigenvalue weighted by molar-refractivity contribution is -0.121. The largest absolute Gasteiger partial charge is 0.482 e. The molecule has 1 heterocycles. The van der Waals surface area contributed by atoms with Crippen molar-refractivity contribution in [1.29, 1.82) is 0 Å². The van der Waals surface area contributed by atoms with Crippen LogP contribution >= 0.6 is 11.6 Å². The van der Waals surface area contributed by atoms with Gasteiger partial charge in [-0.05, 0) is 48.4 Å². The van der Waals surface area contributed by atoms with E-state index in [4.69, 9.17) is 16.3 Å². The third-order valence-electron chi connectivity index (χ3n) is 4.71. The second kappa shape index (κ2) is 8.37. The molecule has 0 saturated heterocycles. The van der Waals surface area contributed by atoms with E-state index in [0.29, 0.717) is 34.3 Å². The highest BCUT2D eigenvalue weighted by molar-refractivity contribution is 6.31. The topological polar surface area (TPSA) is 58.6 Å². The van der Waals surface area contributed by atoms with Crippen molar-refractivity contribution in [2.45, 2.75) is 6.42 Å². The third kappa shape index (κ3) is 4.41. The van der Waals surface area contributed by atoms with E-state index in [1.807, 2.05) is 30.3 Å². The predicted molar refractivity (Wildman–Crippen MR) is 114 cm³/mol. The number of anilines is 2. The minimum Gasteiger partial charge on any atom is -0.482 e. The van der Waals surface area contributed by atoms with Gasteiger partial charge >= 0.3 is 0 Å². The van der Waals surface area contributed by atoms with Gasteiger partial charge in [-0.15, -0.1) is 0 Å². The highest BCUT2D eigenvalue weighted by Crippen LogP contribution is 2.35. The Kier molecular flexibility index (Phi) is 5.49. The molecule has 0 bridgehead atoms. The summed E-state index contributed by atoms with van der Waals surface area (Å²) in [4.78, 5) is 26.7. The molecule has 3 aromatic rings. The van der Waals surface area contributed by atoms with Crippen LogP contribution in [0.3, 0.4) is 0 Å². The average Bonchev–Trinajstić information content (AvgIpc) is 2.74. The second-order valence-corrected chi connectivity index (χ2v) is 7.15. The number of carbonyl (C=O) groups is 2. The van der Waals surface area contributed by atoms with Crippen LogP contribution in [-0.2, 0) is 11.2 Å². The fourth-order valence-corrected chi connectivity index (χ4v) is 3.43. The van der Waals surface area contributed by atoms with Crippen LogP contribution in [0.15, 0.2) is 72.8 Å². The van der Waals surface area contributed by atoms with E-state index in [1.165, 1.54) is 0 Å². The maximum absolute atomic E-state index is 12.5. The van der Waals surface area contributed by atoms with Gasteiger partial charge in [0.05, 0.1) is 5.69 Å². The molecule has 146 valence electrons. The number of hydrogen-bond acceptors (Lipinski definition) is 3. The maximum atomic E-state index is 12.5. The van der Waals surface area contributed by atoms with Crippen molar-refractivity contribution in [3.63, 3.8) is 0 Å². The van der Waals surface area contributed by atoms with E-state index in [9.17, 15) is 9.59 Å². The molecule has 5 nitrogen and oxygen atoms in total. The van der Waals surface area contributed by atoms with Crippen LogP contribution < -0.4 is 15.0 Å². The van der Waals surface area contributed by atoms with Gasteiger partial charge in [-0.2, -0.15) is 0 Å². The number of ether oxygens (including phenoxy) is 1. The van der Waals surface area contributed by atoms with E-state index in [0.717, 1.165) is 12.0 Å². The highest BCUT2D eigenvalue weighted by Gasteiger charge is 2.25. The molecule has 29 heavy (non-hydrogen) atoms. The lowest BCUT2D eigenvalue weighted by Gasteiger charge is -2.30. The quantitative estimate of drug-likeness (QED) is 0.675. The van der Waals surface area contributed by atoms with Gasteiger partial charge in [0.2, 0.25) is 0 Å². The summed E-state index contributed by atoms with van der Waals surface area (Å²) in [5.41, 5.74) is 2.85. The average molecular weight is 407 g/mol. The Labute approximate surface area is 173 Å². The van der Waals surface area contributed by atoms with Gasteiger partial charge in [0.25, 0.3) is 11.8 Å². The predicted octanol–water partition coefficient (Wildman–Crippen LogP) is 4.56. The van der Waals surface area contributed by atoms with Crippen LogP contribution in [0.25, 0.3) is 0 Å². The first kappa shape index (κ1) is 19.0. The molecule has 0 aliphatic carbocycles. The minimum atomic E-state index is -0.272. The number of fused-ring (bicyclic) bond motifs is 1. The highest BCUT2D eigenvalue weighted by atomic mass is 35.5. The van der Waals surface area contributed by atoms with Crippen LogP contribution in [-0.4, -0.2) is 25.0 Å². The second-order valence-electron chi connectivity index (χ2n) is 6.72. The van der Waals surface area contributed by atoms with Gasteiger partial charge in [0, 0.05) is 22.8 Å². The van der Waals surface area contributed by atoms with Crippen molar-refractivity contribution >= 4 is 34.8 Å². The first-order valence-electron chi connectivity index (χ1n) is 9.28. The SMILES string of the molecule is O=C(Nc1ccc2c(c1)N(CCc1ccccc1)C(=O)CO2)c1cccc(Cl)c1. The number of amides is 2. The summed E-state index contributed by atoms with van der Waals surface area (Å²) in [6, 6.07) is 22.0. The number of benzene rings is 3. The first-order chi connectivity index (χ1) is 14.1. The maximum Gasteiger partial charge on any atom is 0.265 e. The van der Waals surface area contributed by atoms with Gasteiger partial charge in [-0.1, -0.05) is 48.0 Å². The first-order valence-corrected chi connectivity index (χ1v) is 9.66. The number of carbonyl (C=O) groups excluding carboxylic acids is 2. The molecule has 0 saturated carbocycles. The fourth-order valence-electron chi connectivity index (χ4n) is 3.24. The molecule has 0 atom stereocenters. The normalized spacial score (nSPS) is 12.9. The lowest BCUT2D eigenvalue weighted by atomic mass is 10.1. The Morgan fingerprint density at radius 1 is 1.03 bits per heavy atom. The number of halogens is 1. The molecule has 0 radical (unpaired) electrons. The molecule has 6 heteroatoms. The molecule has 0 fully saturated rings. The minimum absolute atomic E-state index is 0.00993. The molecule has 1 aliphatic rings. The van der Waals surface area contributed by atoms with E-state index in [1.54, 1.807) is 47.4 Å². The van der Waals surface area contributed by atoms with Gasteiger partial charge in [-0.3, -0.25) is 9.59 Å². The fraction of sp³-hybridized carbons (Fsp3) is 0.130. The Bertz CT molecular complexity index is 1050. The molecule has 1 aliphatic heterocycles. The number of nitrogens with zero attached hydrogens (tertiary/aromatic N) is 1. The van der Waals surface area contributed by atoms with Crippen molar-refractivity contribution in [3.8, 4) is 5.75 Å². The summed E-state index contributed by atoms with van der Waals surface area (Å²) in [6.45, 7) is 0.543. The van der Waals surface area contributed by atoms with E-state index >= 15 is 0 Å². The summed E-state index contributed by atoms with van der Waals surface area (Å²) < 4.78 is 5.56. The van der Waals surface area contributed by atoms with E-state index in [-0.39, 0.29) is 18.4 Å².